The zero-order valence-electron chi connectivity index (χ0n) is 9.12. The fourth-order valence-corrected chi connectivity index (χ4v) is 1.80. The highest BCUT2D eigenvalue weighted by Gasteiger charge is 2.37. The molecule has 4 nitrogen and oxygen atoms in total. The molecular weight excluding hydrogens is 237 g/mol. The molecule has 1 saturated carbocycles. The third-order valence-electron chi connectivity index (χ3n) is 2.74. The number of hydrogen-bond donors (Lipinski definition) is 0. The van der Waals surface area contributed by atoms with Crippen LogP contribution in [0, 0.1) is 0 Å². The SMILES string of the molecule is CCn1c(C(F)(F)F)cc(=O)n(C2CC2)c1=O. The van der Waals surface area contributed by atoms with E-state index in [9.17, 15) is 22.8 Å². The largest absolute Gasteiger partial charge is 0.431 e. The lowest BCUT2D eigenvalue weighted by molar-refractivity contribution is -0.144. The van der Waals surface area contributed by atoms with E-state index in [0.717, 1.165) is 4.57 Å². The molecule has 0 radical (unpaired) electrons. The summed E-state index contributed by atoms with van der Waals surface area (Å²) in [4.78, 5) is 23.3. The van der Waals surface area contributed by atoms with Crippen molar-refractivity contribution >= 4 is 0 Å². The van der Waals surface area contributed by atoms with E-state index in [0.29, 0.717) is 23.5 Å². The van der Waals surface area contributed by atoms with Crippen LogP contribution in [0.2, 0.25) is 0 Å². The Labute approximate surface area is 94.3 Å². The number of nitrogens with zero attached hydrogens (tertiary/aromatic N) is 2. The molecule has 0 bridgehead atoms. The summed E-state index contributed by atoms with van der Waals surface area (Å²) in [5.74, 6) is 0. The molecule has 0 aliphatic heterocycles. The van der Waals surface area contributed by atoms with Gasteiger partial charge < -0.3 is 0 Å². The molecule has 1 aliphatic carbocycles. The molecule has 94 valence electrons. The van der Waals surface area contributed by atoms with Crippen molar-refractivity contribution in [2.45, 2.75) is 38.5 Å². The smallest absolute Gasteiger partial charge is 0.289 e. The number of rotatable bonds is 2. The van der Waals surface area contributed by atoms with E-state index in [1.807, 2.05) is 0 Å². The molecule has 0 spiro atoms. The van der Waals surface area contributed by atoms with Gasteiger partial charge in [-0.2, -0.15) is 13.2 Å². The van der Waals surface area contributed by atoms with Crippen molar-refractivity contribution in [2.75, 3.05) is 0 Å². The minimum absolute atomic E-state index is 0.110. The summed E-state index contributed by atoms with van der Waals surface area (Å²) in [5.41, 5.74) is -2.91. The Morgan fingerprint density at radius 1 is 1.35 bits per heavy atom. The number of alkyl halides is 3. The van der Waals surface area contributed by atoms with Crippen molar-refractivity contribution in [1.29, 1.82) is 0 Å². The summed E-state index contributed by atoms with van der Waals surface area (Å²) in [7, 11) is 0. The van der Waals surface area contributed by atoms with Crippen molar-refractivity contribution in [2.24, 2.45) is 0 Å². The molecular formula is C10H11F3N2O2. The third kappa shape index (κ3) is 2.01. The van der Waals surface area contributed by atoms with Crippen LogP contribution in [0.4, 0.5) is 13.2 Å². The quantitative estimate of drug-likeness (QED) is 0.793. The van der Waals surface area contributed by atoms with Gasteiger partial charge in [0, 0.05) is 18.7 Å². The van der Waals surface area contributed by atoms with E-state index < -0.39 is 23.1 Å². The second-order valence-corrected chi connectivity index (χ2v) is 3.99. The molecule has 7 heteroatoms. The van der Waals surface area contributed by atoms with E-state index in [4.69, 9.17) is 0 Å². The Morgan fingerprint density at radius 2 is 1.94 bits per heavy atom. The molecule has 0 saturated heterocycles. The zero-order valence-corrected chi connectivity index (χ0v) is 9.12. The average Bonchev–Trinajstić information content (AvgIpc) is 2.99. The van der Waals surface area contributed by atoms with Crippen molar-refractivity contribution in [3.05, 3.63) is 32.6 Å². The summed E-state index contributed by atoms with van der Waals surface area (Å²) in [6, 6.07) is 0.276. The Bertz CT molecular complexity index is 552. The van der Waals surface area contributed by atoms with Gasteiger partial charge in [-0.3, -0.25) is 13.9 Å². The van der Waals surface area contributed by atoms with Crippen molar-refractivity contribution < 1.29 is 13.2 Å². The molecule has 1 aromatic heterocycles. The van der Waals surface area contributed by atoms with Crippen LogP contribution in [0.3, 0.4) is 0 Å². The van der Waals surface area contributed by atoms with E-state index in [1.54, 1.807) is 0 Å². The highest BCUT2D eigenvalue weighted by molar-refractivity contribution is 5.08. The predicted octanol–water partition coefficient (Wildman–Crippen LogP) is 1.38. The maximum absolute atomic E-state index is 12.6. The highest BCUT2D eigenvalue weighted by atomic mass is 19.4. The highest BCUT2D eigenvalue weighted by Crippen LogP contribution is 2.33. The topological polar surface area (TPSA) is 44.0 Å². The van der Waals surface area contributed by atoms with E-state index in [-0.39, 0.29) is 12.6 Å². The second kappa shape index (κ2) is 3.75. The van der Waals surface area contributed by atoms with E-state index in [1.165, 1.54) is 6.92 Å². The van der Waals surface area contributed by atoms with Gasteiger partial charge in [-0.1, -0.05) is 0 Å². The standard InChI is InChI=1S/C10H11F3N2O2/c1-2-14-7(10(11,12)13)5-8(16)15(9(14)17)6-3-4-6/h5-6H,2-4H2,1H3. The Hall–Kier alpha value is -1.53. The average molecular weight is 248 g/mol. The van der Waals surface area contributed by atoms with Gasteiger partial charge in [0.15, 0.2) is 0 Å². The maximum Gasteiger partial charge on any atom is 0.431 e. The lowest BCUT2D eigenvalue weighted by atomic mass is 10.3. The Kier molecular flexibility index (Phi) is 2.63. The second-order valence-electron chi connectivity index (χ2n) is 3.99. The van der Waals surface area contributed by atoms with Crippen molar-refractivity contribution in [3.63, 3.8) is 0 Å². The maximum atomic E-state index is 12.6. The van der Waals surface area contributed by atoms with Gasteiger partial charge in [-0.15, -0.1) is 0 Å². The van der Waals surface area contributed by atoms with Gasteiger partial charge in [0.05, 0.1) is 0 Å². The molecule has 1 aromatic rings. The molecule has 0 amide bonds. The Morgan fingerprint density at radius 3 is 2.35 bits per heavy atom. The Balaban J connectivity index is 2.73. The minimum atomic E-state index is -4.68. The van der Waals surface area contributed by atoms with Gasteiger partial charge in [0.1, 0.15) is 5.69 Å². The number of hydrogen-bond acceptors (Lipinski definition) is 2. The minimum Gasteiger partial charge on any atom is -0.289 e. The van der Waals surface area contributed by atoms with Crippen LogP contribution >= 0.6 is 0 Å². The predicted molar refractivity (Wildman–Crippen MR) is 53.9 cm³/mol. The van der Waals surface area contributed by atoms with E-state index in [2.05, 4.69) is 0 Å². The molecule has 0 unspecified atom stereocenters. The molecule has 2 rings (SSSR count). The first-order valence-electron chi connectivity index (χ1n) is 5.30. The first kappa shape index (κ1) is 11.9. The van der Waals surface area contributed by atoms with Crippen LogP contribution in [0.25, 0.3) is 0 Å². The van der Waals surface area contributed by atoms with Crippen molar-refractivity contribution in [3.8, 4) is 0 Å². The molecule has 1 aliphatic rings. The van der Waals surface area contributed by atoms with Crippen LogP contribution in [-0.4, -0.2) is 9.13 Å². The molecule has 0 aromatic carbocycles. The molecule has 1 fully saturated rings. The number of halogens is 3. The molecule has 0 N–H and O–H groups in total. The van der Waals surface area contributed by atoms with Crippen LogP contribution in [0.15, 0.2) is 15.7 Å². The van der Waals surface area contributed by atoms with Gasteiger partial charge in [-0.25, -0.2) is 4.79 Å². The zero-order chi connectivity index (χ0) is 12.8. The van der Waals surface area contributed by atoms with Gasteiger partial charge in [0.2, 0.25) is 0 Å². The van der Waals surface area contributed by atoms with Crippen LogP contribution in [-0.2, 0) is 12.7 Å². The lowest BCUT2D eigenvalue weighted by Crippen LogP contribution is -2.42. The monoisotopic (exact) mass is 248 g/mol. The molecule has 0 atom stereocenters. The fourth-order valence-electron chi connectivity index (χ4n) is 1.80. The van der Waals surface area contributed by atoms with Crippen LogP contribution in [0.1, 0.15) is 31.5 Å². The summed E-state index contributed by atoms with van der Waals surface area (Å²) in [6.07, 6.45) is -3.34. The summed E-state index contributed by atoms with van der Waals surface area (Å²) < 4.78 is 39.4. The van der Waals surface area contributed by atoms with Crippen LogP contribution in [0.5, 0.6) is 0 Å². The third-order valence-corrected chi connectivity index (χ3v) is 2.74. The lowest BCUT2D eigenvalue weighted by Gasteiger charge is -2.15. The summed E-state index contributed by atoms with van der Waals surface area (Å²) in [6.45, 7) is 1.33. The normalized spacial score (nSPS) is 16.2. The summed E-state index contributed by atoms with van der Waals surface area (Å²) in [5, 5.41) is 0. The first-order valence-corrected chi connectivity index (χ1v) is 5.30. The van der Waals surface area contributed by atoms with Gasteiger partial charge >= 0.3 is 11.9 Å². The van der Waals surface area contributed by atoms with Crippen LogP contribution < -0.4 is 11.2 Å². The first-order chi connectivity index (χ1) is 7.86. The van der Waals surface area contributed by atoms with E-state index >= 15 is 0 Å². The summed E-state index contributed by atoms with van der Waals surface area (Å²) >= 11 is 0. The van der Waals surface area contributed by atoms with Crippen molar-refractivity contribution in [1.82, 2.24) is 9.13 Å². The fraction of sp³-hybridized carbons (Fsp3) is 0.600. The van der Waals surface area contributed by atoms with Gasteiger partial charge in [0.25, 0.3) is 5.56 Å². The van der Waals surface area contributed by atoms with Gasteiger partial charge in [-0.05, 0) is 19.8 Å². The molecule has 17 heavy (non-hydrogen) atoms. The molecule has 1 heterocycles. The number of aromatic nitrogens is 2.